The maximum absolute atomic E-state index is 13.0. The van der Waals surface area contributed by atoms with Gasteiger partial charge in [0.05, 0.1) is 7.11 Å². The van der Waals surface area contributed by atoms with E-state index in [2.05, 4.69) is 10.6 Å². The summed E-state index contributed by atoms with van der Waals surface area (Å²) in [6, 6.07) is 21.7. The van der Waals surface area contributed by atoms with E-state index in [9.17, 15) is 9.59 Å². The fourth-order valence-electron chi connectivity index (χ4n) is 3.37. The van der Waals surface area contributed by atoms with Crippen molar-refractivity contribution in [1.29, 1.82) is 0 Å². The van der Waals surface area contributed by atoms with Crippen LogP contribution in [0, 0.1) is 6.92 Å². The van der Waals surface area contributed by atoms with E-state index < -0.39 is 6.04 Å². The first-order valence-corrected chi connectivity index (χ1v) is 10.6. The molecule has 0 aromatic heterocycles. The Morgan fingerprint density at radius 1 is 0.969 bits per heavy atom. The number of amides is 2. The number of carbonyl (C=O) groups is 2. The lowest BCUT2D eigenvalue weighted by molar-refractivity contribution is -0.129. The van der Waals surface area contributed by atoms with Crippen LogP contribution in [0.3, 0.4) is 0 Å². The summed E-state index contributed by atoms with van der Waals surface area (Å²) in [5.74, 6) is 0.326. The number of methoxy groups -OCH3 is 1. The van der Waals surface area contributed by atoms with Crippen molar-refractivity contribution in [2.24, 2.45) is 0 Å². The Morgan fingerprint density at radius 3 is 2.31 bits per heavy atom. The number of anilines is 1. The van der Waals surface area contributed by atoms with E-state index in [-0.39, 0.29) is 18.2 Å². The lowest BCUT2D eigenvalue weighted by Crippen LogP contribution is -2.40. The van der Waals surface area contributed by atoms with Crippen molar-refractivity contribution < 1.29 is 14.3 Å². The van der Waals surface area contributed by atoms with E-state index in [1.54, 1.807) is 7.11 Å². The molecule has 6 heteroatoms. The van der Waals surface area contributed by atoms with Crippen LogP contribution in [0.1, 0.15) is 34.7 Å². The van der Waals surface area contributed by atoms with Gasteiger partial charge in [0.15, 0.2) is 0 Å². The SMILES string of the molecule is COc1ccc(CCC(=O)NC(C(=O)NCc2ccc(N)c(C)c2)c2ccccc2)cc1. The monoisotopic (exact) mass is 431 g/mol. The molecule has 3 rings (SSSR count). The van der Waals surface area contributed by atoms with E-state index in [1.165, 1.54) is 0 Å². The average Bonchev–Trinajstić information content (AvgIpc) is 2.82. The first kappa shape index (κ1) is 22.9. The minimum atomic E-state index is -0.769. The van der Waals surface area contributed by atoms with E-state index in [4.69, 9.17) is 10.5 Å². The minimum absolute atomic E-state index is 0.187. The molecule has 0 saturated heterocycles. The molecular formula is C26H29N3O3. The Morgan fingerprint density at radius 2 is 1.66 bits per heavy atom. The average molecular weight is 432 g/mol. The van der Waals surface area contributed by atoms with Crippen LogP contribution in [0.15, 0.2) is 72.8 Å². The number of hydrogen-bond acceptors (Lipinski definition) is 4. The van der Waals surface area contributed by atoms with Gasteiger partial charge in [-0.15, -0.1) is 0 Å². The molecule has 0 spiro atoms. The predicted molar refractivity (Wildman–Crippen MR) is 126 cm³/mol. The van der Waals surface area contributed by atoms with Crippen molar-refractivity contribution >= 4 is 17.5 Å². The summed E-state index contributed by atoms with van der Waals surface area (Å²) in [5.41, 5.74) is 10.3. The van der Waals surface area contributed by atoms with Crippen LogP contribution in [0.5, 0.6) is 5.75 Å². The molecule has 1 unspecified atom stereocenters. The van der Waals surface area contributed by atoms with E-state index in [0.29, 0.717) is 18.7 Å². The van der Waals surface area contributed by atoms with Crippen LogP contribution < -0.4 is 21.1 Å². The number of ether oxygens (including phenoxy) is 1. The molecule has 2 amide bonds. The van der Waals surface area contributed by atoms with Gasteiger partial charge in [-0.3, -0.25) is 9.59 Å². The second-order valence-corrected chi connectivity index (χ2v) is 7.67. The summed E-state index contributed by atoms with van der Waals surface area (Å²) >= 11 is 0. The van der Waals surface area contributed by atoms with Crippen molar-refractivity contribution in [3.05, 3.63) is 95.1 Å². The molecule has 3 aromatic carbocycles. The Hall–Kier alpha value is -3.80. The van der Waals surface area contributed by atoms with E-state index >= 15 is 0 Å². The number of aryl methyl sites for hydroxylation is 2. The Bertz CT molecular complexity index is 1050. The maximum atomic E-state index is 13.0. The molecule has 0 bridgehead atoms. The highest BCUT2D eigenvalue weighted by atomic mass is 16.5. The predicted octanol–water partition coefficient (Wildman–Crippen LogP) is 3.69. The third-order valence-corrected chi connectivity index (χ3v) is 5.30. The number of rotatable bonds is 9. The molecule has 32 heavy (non-hydrogen) atoms. The van der Waals surface area contributed by atoms with Crippen molar-refractivity contribution in [3.8, 4) is 5.75 Å². The van der Waals surface area contributed by atoms with Gasteiger partial charge in [-0.2, -0.15) is 0 Å². The number of benzene rings is 3. The summed E-state index contributed by atoms with van der Waals surface area (Å²) in [7, 11) is 1.62. The maximum Gasteiger partial charge on any atom is 0.247 e. The molecule has 0 aliphatic rings. The minimum Gasteiger partial charge on any atom is -0.497 e. The second kappa shape index (κ2) is 11.0. The molecule has 4 N–H and O–H groups in total. The third-order valence-electron chi connectivity index (χ3n) is 5.30. The molecule has 0 radical (unpaired) electrons. The molecule has 6 nitrogen and oxygen atoms in total. The second-order valence-electron chi connectivity index (χ2n) is 7.67. The van der Waals surface area contributed by atoms with Crippen molar-refractivity contribution in [1.82, 2.24) is 10.6 Å². The lowest BCUT2D eigenvalue weighted by Gasteiger charge is -2.19. The van der Waals surface area contributed by atoms with Crippen LogP contribution in [-0.4, -0.2) is 18.9 Å². The van der Waals surface area contributed by atoms with Crippen LogP contribution >= 0.6 is 0 Å². The molecule has 166 valence electrons. The highest BCUT2D eigenvalue weighted by molar-refractivity contribution is 5.88. The van der Waals surface area contributed by atoms with Crippen molar-refractivity contribution in [3.63, 3.8) is 0 Å². The summed E-state index contributed by atoms with van der Waals surface area (Å²) < 4.78 is 5.16. The highest BCUT2D eigenvalue weighted by Gasteiger charge is 2.22. The van der Waals surface area contributed by atoms with Gasteiger partial charge in [-0.1, -0.05) is 54.6 Å². The molecule has 0 heterocycles. The first-order valence-electron chi connectivity index (χ1n) is 10.6. The number of nitrogens with two attached hydrogens (primary N) is 1. The highest BCUT2D eigenvalue weighted by Crippen LogP contribution is 2.16. The van der Waals surface area contributed by atoms with Gasteiger partial charge in [0.25, 0.3) is 0 Å². The van der Waals surface area contributed by atoms with Crippen LogP contribution in [0.25, 0.3) is 0 Å². The summed E-state index contributed by atoms with van der Waals surface area (Å²) in [5, 5.41) is 5.81. The largest absolute Gasteiger partial charge is 0.497 e. The summed E-state index contributed by atoms with van der Waals surface area (Å²) in [6.07, 6.45) is 0.851. The van der Waals surface area contributed by atoms with Gasteiger partial charge in [-0.25, -0.2) is 0 Å². The smallest absolute Gasteiger partial charge is 0.247 e. The zero-order valence-corrected chi connectivity index (χ0v) is 18.4. The van der Waals surface area contributed by atoms with Gasteiger partial charge in [0.1, 0.15) is 11.8 Å². The van der Waals surface area contributed by atoms with E-state index in [0.717, 1.165) is 28.0 Å². The zero-order chi connectivity index (χ0) is 22.9. The quantitative estimate of drug-likeness (QED) is 0.451. The molecular weight excluding hydrogens is 402 g/mol. The Balaban J connectivity index is 1.63. The molecule has 1 atom stereocenters. The van der Waals surface area contributed by atoms with Crippen molar-refractivity contribution in [2.75, 3.05) is 12.8 Å². The van der Waals surface area contributed by atoms with Gasteiger partial charge < -0.3 is 21.1 Å². The van der Waals surface area contributed by atoms with Gasteiger partial charge in [0, 0.05) is 18.7 Å². The van der Waals surface area contributed by atoms with Crippen LogP contribution in [0.4, 0.5) is 5.69 Å². The topological polar surface area (TPSA) is 93.4 Å². The van der Waals surface area contributed by atoms with E-state index in [1.807, 2.05) is 79.7 Å². The number of hydrogen-bond donors (Lipinski definition) is 3. The standard InChI is InChI=1S/C26H29N3O3/c1-18-16-20(10-14-23(18)27)17-28-26(31)25(21-6-4-3-5-7-21)29-24(30)15-11-19-8-12-22(32-2)13-9-19/h3-10,12-14,16,25H,11,15,17,27H2,1-2H3,(H,28,31)(H,29,30). The molecule has 3 aromatic rings. The normalized spacial score (nSPS) is 11.4. The van der Waals surface area contributed by atoms with Gasteiger partial charge in [-0.05, 0) is 53.8 Å². The Labute approximate surface area is 188 Å². The van der Waals surface area contributed by atoms with Crippen LogP contribution in [-0.2, 0) is 22.6 Å². The first-order chi connectivity index (χ1) is 15.5. The lowest BCUT2D eigenvalue weighted by atomic mass is 10.0. The molecule has 0 aliphatic carbocycles. The summed E-state index contributed by atoms with van der Waals surface area (Å²) in [6.45, 7) is 2.28. The number of nitrogen functional groups attached to an aromatic ring is 1. The van der Waals surface area contributed by atoms with Crippen molar-refractivity contribution in [2.45, 2.75) is 32.4 Å². The van der Waals surface area contributed by atoms with Crippen LogP contribution in [0.2, 0.25) is 0 Å². The zero-order valence-electron chi connectivity index (χ0n) is 18.4. The number of carbonyl (C=O) groups excluding carboxylic acids is 2. The third kappa shape index (κ3) is 6.35. The number of nitrogens with one attached hydrogen (secondary N) is 2. The molecule has 0 saturated carbocycles. The van der Waals surface area contributed by atoms with Gasteiger partial charge in [0.2, 0.25) is 11.8 Å². The summed E-state index contributed by atoms with van der Waals surface area (Å²) in [4.78, 5) is 25.6. The fourth-order valence-corrected chi connectivity index (χ4v) is 3.37. The Kier molecular flexibility index (Phi) is 7.86. The fraction of sp³-hybridized carbons (Fsp3) is 0.231. The molecule has 0 fully saturated rings. The van der Waals surface area contributed by atoms with Gasteiger partial charge >= 0.3 is 0 Å². The molecule has 0 aliphatic heterocycles.